The molecule has 0 fully saturated rings. The average Bonchev–Trinajstić information content (AvgIpc) is 3.03. The molecule has 0 aliphatic rings. The van der Waals surface area contributed by atoms with Gasteiger partial charge in [-0.25, -0.2) is 4.68 Å². The van der Waals surface area contributed by atoms with Gasteiger partial charge in [0.05, 0.1) is 5.69 Å². The summed E-state index contributed by atoms with van der Waals surface area (Å²) in [6, 6.07) is 15.7. The first-order valence-corrected chi connectivity index (χ1v) is 7.70. The predicted octanol–water partition coefficient (Wildman–Crippen LogP) is 4.62. The van der Waals surface area contributed by atoms with Crippen molar-refractivity contribution in [1.29, 1.82) is 0 Å². The monoisotopic (exact) mass is 295 g/mol. The number of thioether (sulfide) groups is 1. The number of aromatic nitrogens is 2. The Morgan fingerprint density at radius 2 is 1.95 bits per heavy atom. The fraction of sp³-hybridized carbons (Fsp3) is 0.118. The molecule has 1 radical (unpaired) electrons. The van der Waals surface area contributed by atoms with E-state index in [-0.39, 0.29) is 5.75 Å². The molecule has 0 unspecified atom stereocenters. The Kier molecular flexibility index (Phi) is 3.97. The van der Waals surface area contributed by atoms with E-state index in [1.54, 1.807) is 24.0 Å². The van der Waals surface area contributed by atoms with Gasteiger partial charge in [0, 0.05) is 23.0 Å². The molecule has 0 atom stereocenters. The van der Waals surface area contributed by atoms with Crippen LogP contribution in [0.15, 0.2) is 65.8 Å². The fourth-order valence-corrected chi connectivity index (χ4v) is 2.99. The lowest BCUT2D eigenvalue weighted by Crippen LogP contribution is -1.93. The molecular formula is C17H15N2OS. The maximum absolute atomic E-state index is 11.4. The van der Waals surface area contributed by atoms with Crippen LogP contribution in [-0.2, 0) is 10.9 Å². The van der Waals surface area contributed by atoms with Gasteiger partial charge in [0.1, 0.15) is 0 Å². The molecule has 3 rings (SSSR count). The number of hydrogen-bond donors (Lipinski definition) is 0. The van der Waals surface area contributed by atoms with Crippen molar-refractivity contribution in [1.82, 2.24) is 9.78 Å². The Balaban J connectivity index is 1.66. The maximum Gasteiger partial charge on any atom is 0.181 e. The molecule has 0 saturated carbocycles. The van der Waals surface area contributed by atoms with Gasteiger partial charge in [-0.3, -0.25) is 5.11 Å². The van der Waals surface area contributed by atoms with Gasteiger partial charge in [0.15, 0.2) is 5.75 Å². The molecule has 0 aliphatic heterocycles. The minimum absolute atomic E-state index is 0.0999. The van der Waals surface area contributed by atoms with Gasteiger partial charge < -0.3 is 0 Å². The largest absolute Gasteiger partial charge is 0.290 e. The van der Waals surface area contributed by atoms with E-state index in [9.17, 15) is 5.11 Å². The number of nitrogens with zero attached hydrogens (tertiary/aromatic N) is 2. The second kappa shape index (κ2) is 6.06. The average molecular weight is 295 g/mol. The van der Waals surface area contributed by atoms with Crippen molar-refractivity contribution >= 4 is 11.8 Å². The van der Waals surface area contributed by atoms with Gasteiger partial charge in [0.2, 0.25) is 0 Å². The molecule has 21 heavy (non-hydrogen) atoms. The van der Waals surface area contributed by atoms with Crippen LogP contribution in [0.1, 0.15) is 11.1 Å². The van der Waals surface area contributed by atoms with Crippen LogP contribution in [0.2, 0.25) is 0 Å². The highest BCUT2D eigenvalue weighted by Crippen LogP contribution is 2.27. The molecule has 0 N–H and O–H groups in total. The highest BCUT2D eigenvalue weighted by Gasteiger charge is 2.02. The molecule has 0 bridgehead atoms. The lowest BCUT2D eigenvalue weighted by atomic mass is 10.2. The lowest BCUT2D eigenvalue weighted by molar-refractivity contribution is 0.351. The fourth-order valence-electron chi connectivity index (χ4n) is 2.04. The molecule has 3 aromatic rings. The summed E-state index contributed by atoms with van der Waals surface area (Å²) in [4.78, 5) is 1.13. The second-order valence-corrected chi connectivity index (χ2v) is 5.88. The summed E-state index contributed by atoms with van der Waals surface area (Å²) in [7, 11) is 0. The summed E-state index contributed by atoms with van der Waals surface area (Å²) < 4.78 is 1.84. The van der Waals surface area contributed by atoms with Crippen molar-refractivity contribution in [3.8, 4) is 11.4 Å². The summed E-state index contributed by atoms with van der Waals surface area (Å²) in [5.41, 5.74) is 3.11. The van der Waals surface area contributed by atoms with E-state index in [0.29, 0.717) is 0 Å². The van der Waals surface area contributed by atoms with Crippen LogP contribution >= 0.6 is 11.8 Å². The van der Waals surface area contributed by atoms with Crippen LogP contribution in [0.4, 0.5) is 0 Å². The normalized spacial score (nSPS) is 10.7. The molecular weight excluding hydrogens is 280 g/mol. The zero-order chi connectivity index (χ0) is 14.7. The molecule has 2 aromatic carbocycles. The van der Waals surface area contributed by atoms with E-state index in [1.807, 2.05) is 36.0 Å². The molecule has 3 nitrogen and oxygen atoms in total. The number of rotatable bonds is 4. The van der Waals surface area contributed by atoms with E-state index in [4.69, 9.17) is 0 Å². The van der Waals surface area contributed by atoms with Crippen LogP contribution in [0.5, 0.6) is 5.75 Å². The van der Waals surface area contributed by atoms with Crippen LogP contribution in [0.3, 0.4) is 0 Å². The third-order valence-electron chi connectivity index (χ3n) is 3.26. The standard InChI is InChI=1S/C17H15N2OS/c1-13-11-16(7-8-17(13)20)21-12-14-3-5-15(6-4-14)19-10-2-9-18-19/h2-11H,12H2,1H3. The van der Waals surface area contributed by atoms with Gasteiger partial charge in [0.25, 0.3) is 0 Å². The first-order valence-electron chi connectivity index (χ1n) is 6.72. The van der Waals surface area contributed by atoms with E-state index >= 15 is 0 Å². The smallest absolute Gasteiger partial charge is 0.181 e. The molecule has 0 aliphatic carbocycles. The molecule has 1 heterocycles. The Labute approximate surface area is 128 Å². The molecule has 0 saturated heterocycles. The van der Waals surface area contributed by atoms with Crippen molar-refractivity contribution < 1.29 is 5.11 Å². The zero-order valence-electron chi connectivity index (χ0n) is 11.7. The summed E-state index contributed by atoms with van der Waals surface area (Å²) in [6.07, 6.45) is 3.70. The minimum atomic E-state index is 0.0999. The number of benzene rings is 2. The highest BCUT2D eigenvalue weighted by atomic mass is 32.2. The Morgan fingerprint density at radius 3 is 2.62 bits per heavy atom. The van der Waals surface area contributed by atoms with E-state index in [2.05, 4.69) is 29.4 Å². The van der Waals surface area contributed by atoms with Crippen molar-refractivity contribution in [3.05, 3.63) is 72.1 Å². The molecule has 0 spiro atoms. The van der Waals surface area contributed by atoms with Crippen molar-refractivity contribution in [2.24, 2.45) is 0 Å². The van der Waals surface area contributed by atoms with E-state index in [0.717, 1.165) is 21.9 Å². The van der Waals surface area contributed by atoms with Crippen molar-refractivity contribution in [3.63, 3.8) is 0 Å². The van der Waals surface area contributed by atoms with Gasteiger partial charge in [-0.2, -0.15) is 5.10 Å². The third kappa shape index (κ3) is 3.28. The minimum Gasteiger partial charge on any atom is -0.290 e. The van der Waals surface area contributed by atoms with Crippen LogP contribution in [-0.4, -0.2) is 9.78 Å². The number of hydrogen-bond acceptors (Lipinski definition) is 2. The van der Waals surface area contributed by atoms with Crippen LogP contribution < -0.4 is 0 Å². The highest BCUT2D eigenvalue weighted by molar-refractivity contribution is 7.98. The third-order valence-corrected chi connectivity index (χ3v) is 4.32. The quantitative estimate of drug-likeness (QED) is 0.659. The predicted molar refractivity (Wildman–Crippen MR) is 84.4 cm³/mol. The zero-order valence-corrected chi connectivity index (χ0v) is 12.5. The molecule has 1 aromatic heterocycles. The summed E-state index contributed by atoms with van der Waals surface area (Å²) in [5, 5.41) is 15.6. The summed E-state index contributed by atoms with van der Waals surface area (Å²) in [6.45, 7) is 1.85. The maximum atomic E-state index is 11.4. The van der Waals surface area contributed by atoms with E-state index < -0.39 is 0 Å². The van der Waals surface area contributed by atoms with Crippen molar-refractivity contribution in [2.75, 3.05) is 0 Å². The number of aryl methyl sites for hydroxylation is 1. The summed E-state index contributed by atoms with van der Waals surface area (Å²) in [5.74, 6) is 0.986. The first-order chi connectivity index (χ1) is 10.2. The lowest BCUT2D eigenvalue weighted by Gasteiger charge is -2.05. The van der Waals surface area contributed by atoms with Crippen LogP contribution in [0, 0.1) is 6.92 Å². The van der Waals surface area contributed by atoms with Gasteiger partial charge in [-0.05, 0) is 54.4 Å². The SMILES string of the molecule is Cc1cc(SCc2ccc(-n3cccn3)cc2)ccc1[O]. The second-order valence-electron chi connectivity index (χ2n) is 4.83. The van der Waals surface area contributed by atoms with Gasteiger partial charge >= 0.3 is 0 Å². The molecule has 0 amide bonds. The Hall–Kier alpha value is -2.20. The van der Waals surface area contributed by atoms with E-state index in [1.165, 1.54) is 5.56 Å². The first kappa shape index (κ1) is 13.8. The molecule has 105 valence electrons. The Bertz CT molecular complexity index is 721. The topological polar surface area (TPSA) is 37.7 Å². The van der Waals surface area contributed by atoms with Crippen LogP contribution in [0.25, 0.3) is 5.69 Å². The summed E-state index contributed by atoms with van der Waals surface area (Å²) >= 11 is 1.74. The van der Waals surface area contributed by atoms with Gasteiger partial charge in [-0.1, -0.05) is 12.1 Å². The Morgan fingerprint density at radius 1 is 1.14 bits per heavy atom. The van der Waals surface area contributed by atoms with Crippen molar-refractivity contribution in [2.45, 2.75) is 17.6 Å². The van der Waals surface area contributed by atoms with Gasteiger partial charge in [-0.15, -0.1) is 11.8 Å². The molecule has 4 heteroatoms.